The number of nitrogens with one attached hydrogen (secondary N) is 1. The van der Waals surface area contributed by atoms with Gasteiger partial charge in [0.05, 0.1) is 7.11 Å². The third-order valence-electron chi connectivity index (χ3n) is 2.57. The monoisotopic (exact) mass is 286 g/mol. The van der Waals surface area contributed by atoms with Gasteiger partial charge in [-0.05, 0) is 36.4 Å². The van der Waals surface area contributed by atoms with E-state index in [4.69, 9.17) is 9.47 Å². The zero-order valence-electron chi connectivity index (χ0n) is 11.6. The highest BCUT2D eigenvalue weighted by Gasteiger charge is 2.15. The molecule has 0 atom stereocenters. The summed E-state index contributed by atoms with van der Waals surface area (Å²) in [7, 11) is 1.43. The first-order valence-corrected chi connectivity index (χ1v) is 6.19. The van der Waals surface area contributed by atoms with E-state index in [1.165, 1.54) is 20.2 Å². The number of benzene rings is 1. The lowest BCUT2D eigenvalue weighted by Gasteiger charge is -2.08. The van der Waals surface area contributed by atoms with Gasteiger partial charge in [0.2, 0.25) is 11.8 Å². The van der Waals surface area contributed by atoms with Crippen LogP contribution in [0.25, 0.3) is 0 Å². The zero-order chi connectivity index (χ0) is 15.2. The highest BCUT2D eigenvalue weighted by molar-refractivity contribution is 5.93. The van der Waals surface area contributed by atoms with E-state index in [1.807, 2.05) is 0 Å². The number of pyridine rings is 1. The third kappa shape index (κ3) is 3.79. The van der Waals surface area contributed by atoms with Crippen LogP contribution in [0, 0.1) is 0 Å². The quantitative estimate of drug-likeness (QED) is 0.689. The Labute approximate surface area is 121 Å². The molecule has 0 fully saturated rings. The van der Waals surface area contributed by atoms with Crippen molar-refractivity contribution in [3.63, 3.8) is 0 Å². The molecule has 0 aliphatic heterocycles. The van der Waals surface area contributed by atoms with E-state index in [0.717, 1.165) is 0 Å². The molecule has 1 heterocycles. The highest BCUT2D eigenvalue weighted by Crippen LogP contribution is 2.20. The molecule has 0 bridgehead atoms. The molecule has 1 aromatic carbocycles. The molecule has 6 heteroatoms. The van der Waals surface area contributed by atoms with Crippen LogP contribution in [0.5, 0.6) is 11.6 Å². The lowest BCUT2D eigenvalue weighted by Crippen LogP contribution is -2.11. The Bertz CT molecular complexity index is 653. The van der Waals surface area contributed by atoms with E-state index in [-0.39, 0.29) is 17.4 Å². The zero-order valence-corrected chi connectivity index (χ0v) is 11.6. The summed E-state index contributed by atoms with van der Waals surface area (Å²) in [5, 5.41) is 2.63. The summed E-state index contributed by atoms with van der Waals surface area (Å²) in [6.07, 6.45) is 1.53. The van der Waals surface area contributed by atoms with Gasteiger partial charge >= 0.3 is 5.97 Å². The van der Waals surface area contributed by atoms with Crippen LogP contribution >= 0.6 is 0 Å². The second kappa shape index (κ2) is 6.51. The molecule has 0 spiro atoms. The minimum atomic E-state index is -0.563. The number of carbonyl (C=O) groups excluding carboxylic acids is 2. The molecule has 2 aromatic rings. The maximum atomic E-state index is 12.0. The van der Waals surface area contributed by atoms with Crippen molar-refractivity contribution in [3.8, 4) is 11.6 Å². The van der Waals surface area contributed by atoms with Crippen molar-refractivity contribution in [2.24, 2.45) is 0 Å². The Morgan fingerprint density at radius 3 is 2.48 bits per heavy atom. The summed E-state index contributed by atoms with van der Waals surface area (Å²) >= 11 is 0. The average molecular weight is 286 g/mol. The molecule has 0 aliphatic rings. The molecular formula is C15H14N2O4. The van der Waals surface area contributed by atoms with Gasteiger partial charge in [0.1, 0.15) is 11.3 Å². The standard InChI is InChI=1S/C15H14N2O4/c1-10(18)17-11-5-7-12(8-6-11)21-15(19)13-4-3-9-16-14(13)20-2/h3-9H,1-2H3,(H,17,18). The van der Waals surface area contributed by atoms with E-state index in [1.54, 1.807) is 36.4 Å². The first kappa shape index (κ1) is 14.5. The molecule has 2 rings (SSSR count). The Morgan fingerprint density at radius 2 is 1.86 bits per heavy atom. The van der Waals surface area contributed by atoms with Gasteiger partial charge in [-0.25, -0.2) is 9.78 Å². The van der Waals surface area contributed by atoms with Gasteiger partial charge in [-0.3, -0.25) is 4.79 Å². The number of aromatic nitrogens is 1. The molecule has 0 radical (unpaired) electrons. The normalized spacial score (nSPS) is 9.81. The summed E-state index contributed by atoms with van der Waals surface area (Å²) in [5.74, 6) is -0.163. The maximum Gasteiger partial charge on any atom is 0.349 e. The smallest absolute Gasteiger partial charge is 0.349 e. The van der Waals surface area contributed by atoms with Crippen molar-refractivity contribution in [2.45, 2.75) is 6.92 Å². The second-order valence-electron chi connectivity index (χ2n) is 4.16. The number of methoxy groups -OCH3 is 1. The fraction of sp³-hybridized carbons (Fsp3) is 0.133. The number of hydrogen-bond donors (Lipinski definition) is 1. The molecule has 0 unspecified atom stereocenters. The molecule has 108 valence electrons. The van der Waals surface area contributed by atoms with Gasteiger partial charge in [-0.15, -0.1) is 0 Å². The summed E-state index contributed by atoms with van der Waals surface area (Å²) < 4.78 is 10.2. The van der Waals surface area contributed by atoms with Crippen molar-refractivity contribution in [1.82, 2.24) is 4.98 Å². The lowest BCUT2D eigenvalue weighted by molar-refractivity contribution is -0.114. The molecule has 0 aliphatic carbocycles. The number of ether oxygens (including phenoxy) is 2. The van der Waals surface area contributed by atoms with Gasteiger partial charge in [0.25, 0.3) is 0 Å². The number of esters is 1. The fourth-order valence-electron chi connectivity index (χ4n) is 1.68. The van der Waals surface area contributed by atoms with Crippen molar-refractivity contribution in [2.75, 3.05) is 12.4 Å². The predicted molar refractivity (Wildman–Crippen MR) is 76.5 cm³/mol. The number of nitrogens with zero attached hydrogens (tertiary/aromatic N) is 1. The minimum Gasteiger partial charge on any atom is -0.480 e. The van der Waals surface area contributed by atoms with Gasteiger partial charge in [0, 0.05) is 18.8 Å². The maximum absolute atomic E-state index is 12.0. The number of hydrogen-bond acceptors (Lipinski definition) is 5. The largest absolute Gasteiger partial charge is 0.480 e. The van der Waals surface area contributed by atoms with Crippen LogP contribution in [-0.2, 0) is 4.79 Å². The van der Waals surface area contributed by atoms with E-state index in [2.05, 4.69) is 10.3 Å². The second-order valence-corrected chi connectivity index (χ2v) is 4.16. The molecule has 0 saturated heterocycles. The average Bonchev–Trinajstić information content (AvgIpc) is 2.48. The Morgan fingerprint density at radius 1 is 1.14 bits per heavy atom. The summed E-state index contributed by atoms with van der Waals surface area (Å²) in [5.41, 5.74) is 0.868. The topological polar surface area (TPSA) is 77.5 Å². The van der Waals surface area contributed by atoms with Crippen LogP contribution in [0.2, 0.25) is 0 Å². The minimum absolute atomic E-state index is 0.167. The Balaban J connectivity index is 2.10. The van der Waals surface area contributed by atoms with Gasteiger partial charge in [-0.2, -0.15) is 0 Å². The van der Waals surface area contributed by atoms with Crippen LogP contribution in [0.15, 0.2) is 42.6 Å². The lowest BCUT2D eigenvalue weighted by atomic mass is 10.2. The fourth-order valence-corrected chi connectivity index (χ4v) is 1.68. The van der Waals surface area contributed by atoms with Crippen LogP contribution in [-0.4, -0.2) is 24.0 Å². The summed E-state index contributed by atoms with van der Waals surface area (Å²) in [6, 6.07) is 9.66. The van der Waals surface area contributed by atoms with E-state index < -0.39 is 5.97 Å². The van der Waals surface area contributed by atoms with E-state index in [9.17, 15) is 9.59 Å². The first-order chi connectivity index (χ1) is 10.1. The number of carbonyl (C=O) groups is 2. The van der Waals surface area contributed by atoms with Crippen LogP contribution in [0.3, 0.4) is 0 Å². The van der Waals surface area contributed by atoms with Crippen LogP contribution < -0.4 is 14.8 Å². The van der Waals surface area contributed by atoms with E-state index in [0.29, 0.717) is 11.4 Å². The molecule has 1 amide bonds. The van der Waals surface area contributed by atoms with Crippen molar-refractivity contribution >= 4 is 17.6 Å². The first-order valence-electron chi connectivity index (χ1n) is 6.19. The molecule has 0 saturated carbocycles. The van der Waals surface area contributed by atoms with Crippen molar-refractivity contribution in [1.29, 1.82) is 0 Å². The summed E-state index contributed by atoms with van der Waals surface area (Å²) in [6.45, 7) is 1.42. The number of rotatable bonds is 4. The number of amides is 1. The highest BCUT2D eigenvalue weighted by atomic mass is 16.5. The molecule has 1 aromatic heterocycles. The van der Waals surface area contributed by atoms with Gasteiger partial charge in [-0.1, -0.05) is 0 Å². The molecule has 1 N–H and O–H groups in total. The van der Waals surface area contributed by atoms with E-state index >= 15 is 0 Å². The van der Waals surface area contributed by atoms with Crippen LogP contribution in [0.4, 0.5) is 5.69 Å². The predicted octanol–water partition coefficient (Wildman–Crippen LogP) is 2.27. The third-order valence-corrected chi connectivity index (χ3v) is 2.57. The summed E-state index contributed by atoms with van der Waals surface area (Å²) in [4.78, 5) is 26.9. The SMILES string of the molecule is COc1ncccc1C(=O)Oc1ccc(NC(C)=O)cc1. The van der Waals surface area contributed by atoms with Crippen molar-refractivity contribution < 1.29 is 19.1 Å². The number of anilines is 1. The molecule has 6 nitrogen and oxygen atoms in total. The van der Waals surface area contributed by atoms with Gasteiger partial charge in [0.15, 0.2) is 0 Å². The Kier molecular flexibility index (Phi) is 4.50. The van der Waals surface area contributed by atoms with Gasteiger partial charge < -0.3 is 14.8 Å². The van der Waals surface area contributed by atoms with Crippen molar-refractivity contribution in [3.05, 3.63) is 48.2 Å². The Hall–Kier alpha value is -2.89. The molecule has 21 heavy (non-hydrogen) atoms. The van der Waals surface area contributed by atoms with Crippen LogP contribution in [0.1, 0.15) is 17.3 Å². The molecular weight excluding hydrogens is 272 g/mol.